The molecule has 1 aliphatic heterocycles. The fourth-order valence-corrected chi connectivity index (χ4v) is 6.79. The normalized spacial score (nSPS) is 52.1. The number of aliphatic hydroxyl groups excluding tert-OH is 3. The summed E-state index contributed by atoms with van der Waals surface area (Å²) >= 11 is 0. The quantitative estimate of drug-likeness (QED) is 0.495. The van der Waals surface area contributed by atoms with E-state index < -0.39 is 47.3 Å². The summed E-state index contributed by atoms with van der Waals surface area (Å²) in [4.78, 5) is 24.4. The van der Waals surface area contributed by atoms with E-state index in [1.54, 1.807) is 0 Å². The van der Waals surface area contributed by atoms with Crippen LogP contribution in [0.15, 0.2) is 12.2 Å². The van der Waals surface area contributed by atoms with E-state index >= 15 is 0 Å². The molecule has 6 nitrogen and oxygen atoms in total. The molecule has 9 unspecified atom stereocenters. The van der Waals surface area contributed by atoms with Gasteiger partial charge in [-0.05, 0) is 48.5 Å². The summed E-state index contributed by atoms with van der Waals surface area (Å²) in [5, 5.41) is 32.8. The Bertz CT molecular complexity index is 657. The maximum Gasteiger partial charge on any atom is 0.166 e. The third-order valence-electron chi connectivity index (χ3n) is 7.82. The second-order valence-corrected chi connectivity index (χ2v) is 9.40. The van der Waals surface area contributed by atoms with Gasteiger partial charge in [0.05, 0.1) is 17.6 Å². The third-order valence-corrected chi connectivity index (χ3v) is 7.82. The molecule has 4 fully saturated rings. The highest BCUT2D eigenvalue weighted by Gasteiger charge is 2.75. The van der Waals surface area contributed by atoms with E-state index in [0.717, 1.165) is 0 Å². The summed E-state index contributed by atoms with van der Waals surface area (Å²) in [6.07, 6.45) is -0.853. The largest absolute Gasteiger partial charge is 0.392 e. The van der Waals surface area contributed by atoms with Crippen LogP contribution in [0.2, 0.25) is 0 Å². The molecular formula is C20H28O6. The van der Waals surface area contributed by atoms with E-state index in [0.29, 0.717) is 37.5 Å². The lowest BCUT2D eigenvalue weighted by Crippen LogP contribution is -2.69. The summed E-state index contributed by atoms with van der Waals surface area (Å²) in [5.74, 6) is -1.90. The second kappa shape index (κ2) is 5.71. The Morgan fingerprint density at radius 1 is 1.27 bits per heavy atom. The summed E-state index contributed by atoms with van der Waals surface area (Å²) in [6.45, 7) is 7.73. The lowest BCUT2D eigenvalue weighted by atomic mass is 9.42. The van der Waals surface area contributed by atoms with Crippen molar-refractivity contribution in [3.05, 3.63) is 12.2 Å². The second-order valence-electron chi connectivity index (χ2n) is 9.40. The minimum atomic E-state index is -1.25. The molecule has 4 rings (SSSR count). The van der Waals surface area contributed by atoms with Crippen LogP contribution in [0.25, 0.3) is 0 Å². The van der Waals surface area contributed by atoms with E-state index in [9.17, 15) is 24.9 Å². The summed E-state index contributed by atoms with van der Waals surface area (Å²) < 4.78 is 5.90. The Labute approximate surface area is 153 Å². The Hall–Kier alpha value is -1.08. The van der Waals surface area contributed by atoms with Crippen LogP contribution in [-0.2, 0) is 14.3 Å². The number of rotatable bonds is 2. The number of allylic oxidation sites excluding steroid dienone is 1. The fraction of sp³-hybridized carbons (Fsp3) is 0.800. The number of ketones is 1. The zero-order valence-electron chi connectivity index (χ0n) is 15.3. The Kier molecular flexibility index (Phi) is 4.02. The van der Waals surface area contributed by atoms with Gasteiger partial charge in [0.25, 0.3) is 0 Å². The first-order valence-corrected chi connectivity index (χ1v) is 9.53. The molecular weight excluding hydrogens is 336 g/mol. The van der Waals surface area contributed by atoms with E-state index in [4.69, 9.17) is 4.74 Å². The predicted molar refractivity (Wildman–Crippen MR) is 91.7 cm³/mol. The van der Waals surface area contributed by atoms with Crippen molar-refractivity contribution in [2.45, 2.75) is 64.1 Å². The van der Waals surface area contributed by atoms with Crippen molar-refractivity contribution in [3.63, 3.8) is 0 Å². The molecule has 6 heteroatoms. The highest BCUT2D eigenvalue weighted by molar-refractivity contribution is 5.88. The molecule has 0 radical (unpaired) electrons. The maximum atomic E-state index is 13.2. The number of hydrogen-bond acceptors (Lipinski definition) is 6. The van der Waals surface area contributed by atoms with E-state index in [1.807, 2.05) is 13.8 Å². The number of carbonyl (C=O) groups is 2. The van der Waals surface area contributed by atoms with Crippen molar-refractivity contribution in [2.24, 2.45) is 34.5 Å². The van der Waals surface area contributed by atoms with E-state index in [-0.39, 0.29) is 17.6 Å². The molecule has 0 aromatic carbocycles. The molecule has 3 aliphatic carbocycles. The van der Waals surface area contributed by atoms with Gasteiger partial charge in [-0.3, -0.25) is 9.59 Å². The van der Waals surface area contributed by atoms with E-state index in [2.05, 4.69) is 6.58 Å². The van der Waals surface area contributed by atoms with Gasteiger partial charge in [-0.25, -0.2) is 0 Å². The Balaban J connectivity index is 1.85. The summed E-state index contributed by atoms with van der Waals surface area (Å²) in [5.41, 5.74) is -1.10. The maximum absolute atomic E-state index is 13.2. The molecule has 0 aromatic rings. The molecule has 1 heterocycles. The van der Waals surface area contributed by atoms with Crippen molar-refractivity contribution < 1.29 is 29.6 Å². The van der Waals surface area contributed by atoms with Crippen molar-refractivity contribution in [1.29, 1.82) is 0 Å². The molecule has 1 saturated heterocycles. The van der Waals surface area contributed by atoms with Crippen molar-refractivity contribution in [3.8, 4) is 0 Å². The van der Waals surface area contributed by atoms with Gasteiger partial charge in [-0.1, -0.05) is 20.4 Å². The van der Waals surface area contributed by atoms with E-state index in [1.165, 1.54) is 0 Å². The zero-order chi connectivity index (χ0) is 19.0. The average molecular weight is 364 g/mol. The smallest absolute Gasteiger partial charge is 0.166 e. The molecule has 0 bridgehead atoms. The lowest BCUT2D eigenvalue weighted by molar-refractivity contribution is -0.239. The topological polar surface area (TPSA) is 104 Å². The van der Waals surface area contributed by atoms with Crippen molar-refractivity contribution in [1.82, 2.24) is 0 Å². The van der Waals surface area contributed by atoms with Gasteiger partial charge in [0.1, 0.15) is 12.4 Å². The van der Waals surface area contributed by atoms with Gasteiger partial charge >= 0.3 is 0 Å². The number of ether oxygens (including phenoxy) is 1. The van der Waals surface area contributed by atoms with Crippen LogP contribution in [-0.4, -0.2) is 52.0 Å². The first-order chi connectivity index (χ1) is 12.2. The van der Waals surface area contributed by atoms with Gasteiger partial charge in [0.15, 0.2) is 12.1 Å². The highest BCUT2D eigenvalue weighted by atomic mass is 16.6. The summed E-state index contributed by atoms with van der Waals surface area (Å²) in [7, 11) is 0. The van der Waals surface area contributed by atoms with Crippen LogP contribution in [0.1, 0.15) is 39.5 Å². The number of aliphatic hydroxyl groups is 3. The lowest BCUT2D eigenvalue weighted by Gasteiger charge is -2.61. The first kappa shape index (κ1) is 18.3. The number of carbonyl (C=O) groups excluding carboxylic acids is 2. The van der Waals surface area contributed by atoms with Crippen LogP contribution < -0.4 is 0 Å². The van der Waals surface area contributed by atoms with Gasteiger partial charge < -0.3 is 20.1 Å². The van der Waals surface area contributed by atoms with Crippen LogP contribution >= 0.6 is 0 Å². The Morgan fingerprint density at radius 3 is 2.62 bits per heavy atom. The van der Waals surface area contributed by atoms with Gasteiger partial charge in [-0.2, -0.15) is 0 Å². The number of aldehydes is 1. The van der Waals surface area contributed by atoms with Crippen LogP contribution in [0, 0.1) is 34.5 Å². The van der Waals surface area contributed by atoms with Crippen LogP contribution in [0.4, 0.5) is 0 Å². The average Bonchev–Trinajstić information content (AvgIpc) is 2.88. The monoisotopic (exact) mass is 364 g/mol. The molecule has 4 aliphatic rings. The number of Topliss-reactive ketones (excluding diaryl/α,β-unsaturated/α-hetero) is 1. The standard InChI is InChI=1S/C20H28O6/c1-9(8-21)10-6-11-14-12(7-10)26-18(25)20(14)13(22)4-5-19(2,3)17(20)16(24)15(11)23/h8,10-15,17-18,22-23,25H,1,4-7H2,2-3H3. The molecule has 3 saturated carbocycles. The highest BCUT2D eigenvalue weighted by Crippen LogP contribution is 2.68. The zero-order valence-corrected chi connectivity index (χ0v) is 15.3. The van der Waals surface area contributed by atoms with Crippen molar-refractivity contribution >= 4 is 12.1 Å². The molecule has 0 aromatic heterocycles. The molecule has 3 N–H and O–H groups in total. The minimum absolute atomic E-state index is 0.186. The fourth-order valence-electron chi connectivity index (χ4n) is 6.79. The van der Waals surface area contributed by atoms with Gasteiger partial charge in [-0.15, -0.1) is 0 Å². The Morgan fingerprint density at radius 2 is 1.96 bits per heavy atom. The molecule has 0 amide bonds. The number of hydrogen-bond donors (Lipinski definition) is 3. The first-order valence-electron chi connectivity index (χ1n) is 9.53. The third kappa shape index (κ3) is 2.07. The van der Waals surface area contributed by atoms with Crippen LogP contribution in [0.5, 0.6) is 0 Å². The molecule has 9 atom stereocenters. The van der Waals surface area contributed by atoms with Gasteiger partial charge in [0.2, 0.25) is 0 Å². The molecule has 144 valence electrons. The van der Waals surface area contributed by atoms with Crippen LogP contribution in [0.3, 0.4) is 0 Å². The minimum Gasteiger partial charge on any atom is -0.392 e. The molecule has 1 spiro atoms. The summed E-state index contributed by atoms with van der Waals surface area (Å²) in [6, 6.07) is 0. The SMILES string of the molecule is C=C(C=O)C1CC2OC(O)C34C(O)CCC(C)(C)C3C(=O)C(O)C(C1)C24. The molecule has 26 heavy (non-hydrogen) atoms. The van der Waals surface area contributed by atoms with Crippen molar-refractivity contribution in [2.75, 3.05) is 0 Å². The predicted octanol–water partition coefficient (Wildman–Crippen LogP) is 0.828. The van der Waals surface area contributed by atoms with Gasteiger partial charge in [0, 0.05) is 11.8 Å².